The average molecular weight is 249 g/mol. The number of hydrogen-bond donors (Lipinski definition) is 1. The van der Waals surface area contributed by atoms with Gasteiger partial charge in [-0.2, -0.15) is 0 Å². The van der Waals surface area contributed by atoms with Crippen molar-refractivity contribution in [3.8, 4) is 0 Å². The summed E-state index contributed by atoms with van der Waals surface area (Å²) < 4.78 is 1.81. The van der Waals surface area contributed by atoms with Crippen molar-refractivity contribution in [2.75, 3.05) is 5.32 Å². The third-order valence-corrected chi connectivity index (χ3v) is 3.37. The van der Waals surface area contributed by atoms with Crippen LogP contribution in [0.25, 0.3) is 0 Å². The fourth-order valence-corrected chi connectivity index (χ4v) is 2.05. The van der Waals surface area contributed by atoms with Crippen molar-refractivity contribution in [2.45, 2.75) is 58.5 Å². The molecule has 1 fully saturated rings. The molecule has 1 aromatic rings. The minimum Gasteiger partial charge on any atom is -0.363 e. The van der Waals surface area contributed by atoms with Crippen molar-refractivity contribution in [2.24, 2.45) is 5.92 Å². The fraction of sp³-hybridized carbons (Fsp3) is 0.714. The SMILES string of the molecule is CC(C)CCC(C)Nc1nccn(C2CC2)c1=O. The molecule has 1 heterocycles. The van der Waals surface area contributed by atoms with E-state index < -0.39 is 0 Å². The molecule has 0 aliphatic heterocycles. The van der Waals surface area contributed by atoms with Gasteiger partial charge < -0.3 is 9.88 Å². The third-order valence-electron chi connectivity index (χ3n) is 3.37. The fourth-order valence-electron chi connectivity index (χ4n) is 2.05. The predicted octanol–water partition coefficient (Wildman–Crippen LogP) is 2.81. The van der Waals surface area contributed by atoms with E-state index in [4.69, 9.17) is 0 Å². The van der Waals surface area contributed by atoms with Crippen LogP contribution in [0.4, 0.5) is 5.82 Å². The Bertz CT molecular complexity index is 449. The van der Waals surface area contributed by atoms with Gasteiger partial charge in [-0.15, -0.1) is 0 Å². The molecule has 0 amide bonds. The second-order valence-corrected chi connectivity index (χ2v) is 5.74. The summed E-state index contributed by atoms with van der Waals surface area (Å²) in [5, 5.41) is 3.24. The van der Waals surface area contributed by atoms with Gasteiger partial charge in [0.2, 0.25) is 0 Å². The molecule has 2 rings (SSSR count). The van der Waals surface area contributed by atoms with Crippen molar-refractivity contribution in [3.63, 3.8) is 0 Å². The van der Waals surface area contributed by atoms with Crippen molar-refractivity contribution in [1.29, 1.82) is 0 Å². The molecule has 0 bridgehead atoms. The second kappa shape index (κ2) is 5.55. The maximum atomic E-state index is 12.2. The number of rotatable bonds is 6. The van der Waals surface area contributed by atoms with Crippen LogP contribution < -0.4 is 10.9 Å². The zero-order valence-corrected chi connectivity index (χ0v) is 11.5. The van der Waals surface area contributed by atoms with Crippen molar-refractivity contribution < 1.29 is 0 Å². The molecule has 4 heteroatoms. The molecule has 0 radical (unpaired) electrons. The van der Waals surface area contributed by atoms with Crippen molar-refractivity contribution >= 4 is 5.82 Å². The van der Waals surface area contributed by atoms with Crippen LogP contribution in [0.15, 0.2) is 17.2 Å². The highest BCUT2D eigenvalue weighted by molar-refractivity contribution is 5.32. The van der Waals surface area contributed by atoms with Crippen LogP contribution in [-0.2, 0) is 0 Å². The summed E-state index contributed by atoms with van der Waals surface area (Å²) in [4.78, 5) is 16.3. The monoisotopic (exact) mass is 249 g/mol. The molecule has 100 valence electrons. The van der Waals surface area contributed by atoms with Gasteiger partial charge >= 0.3 is 0 Å². The van der Waals surface area contributed by atoms with E-state index in [0.29, 0.717) is 23.8 Å². The van der Waals surface area contributed by atoms with Crippen LogP contribution in [0.3, 0.4) is 0 Å². The molecule has 1 saturated carbocycles. The molecule has 1 aromatic heterocycles. The summed E-state index contributed by atoms with van der Waals surface area (Å²) in [6.45, 7) is 6.54. The van der Waals surface area contributed by atoms with Crippen molar-refractivity contribution in [3.05, 3.63) is 22.7 Å². The largest absolute Gasteiger partial charge is 0.363 e. The highest BCUT2D eigenvalue weighted by Crippen LogP contribution is 2.33. The topological polar surface area (TPSA) is 46.9 Å². The van der Waals surface area contributed by atoms with E-state index in [0.717, 1.165) is 25.7 Å². The molecule has 0 saturated heterocycles. The number of anilines is 1. The first-order valence-corrected chi connectivity index (χ1v) is 6.91. The molecule has 1 N–H and O–H groups in total. The van der Waals surface area contributed by atoms with E-state index in [1.165, 1.54) is 0 Å². The standard InChI is InChI=1S/C14H23N3O/c1-10(2)4-5-11(3)16-13-14(18)17(9-8-15-13)12-6-7-12/h8-12H,4-7H2,1-3H3,(H,15,16). The first-order chi connectivity index (χ1) is 8.58. The zero-order valence-electron chi connectivity index (χ0n) is 11.5. The van der Waals surface area contributed by atoms with Gasteiger partial charge in [0.25, 0.3) is 5.56 Å². The van der Waals surface area contributed by atoms with Crippen LogP contribution in [0.5, 0.6) is 0 Å². The third kappa shape index (κ3) is 3.34. The Morgan fingerprint density at radius 1 is 1.39 bits per heavy atom. The molecule has 1 aliphatic rings. The number of nitrogens with one attached hydrogen (secondary N) is 1. The van der Waals surface area contributed by atoms with E-state index >= 15 is 0 Å². The van der Waals surface area contributed by atoms with Gasteiger partial charge in [-0.05, 0) is 38.5 Å². The summed E-state index contributed by atoms with van der Waals surface area (Å²) in [5.41, 5.74) is 0.0244. The normalized spacial score (nSPS) is 16.9. The quantitative estimate of drug-likeness (QED) is 0.843. The zero-order chi connectivity index (χ0) is 13.1. The van der Waals surface area contributed by atoms with Gasteiger partial charge in [-0.1, -0.05) is 13.8 Å². The van der Waals surface area contributed by atoms with Gasteiger partial charge in [-0.3, -0.25) is 4.79 Å². The van der Waals surface area contributed by atoms with Gasteiger partial charge in [0.1, 0.15) is 0 Å². The van der Waals surface area contributed by atoms with Crippen LogP contribution in [-0.4, -0.2) is 15.6 Å². The molecule has 4 nitrogen and oxygen atoms in total. The first-order valence-electron chi connectivity index (χ1n) is 6.91. The van der Waals surface area contributed by atoms with E-state index in [9.17, 15) is 4.79 Å². The molecule has 0 aromatic carbocycles. The van der Waals surface area contributed by atoms with Gasteiger partial charge in [0.05, 0.1) is 0 Å². The predicted molar refractivity (Wildman–Crippen MR) is 73.9 cm³/mol. The summed E-state index contributed by atoms with van der Waals surface area (Å²) in [6, 6.07) is 0.703. The van der Waals surface area contributed by atoms with Crippen LogP contribution >= 0.6 is 0 Å². The van der Waals surface area contributed by atoms with Gasteiger partial charge in [0, 0.05) is 24.5 Å². The van der Waals surface area contributed by atoms with Gasteiger partial charge in [-0.25, -0.2) is 4.98 Å². The number of aromatic nitrogens is 2. The van der Waals surface area contributed by atoms with Crippen LogP contribution in [0.1, 0.15) is 52.5 Å². The lowest BCUT2D eigenvalue weighted by atomic mass is 10.0. The highest BCUT2D eigenvalue weighted by Gasteiger charge is 2.25. The lowest BCUT2D eigenvalue weighted by Crippen LogP contribution is -2.27. The van der Waals surface area contributed by atoms with E-state index in [2.05, 4.69) is 31.1 Å². The maximum Gasteiger partial charge on any atom is 0.293 e. The van der Waals surface area contributed by atoms with E-state index in [1.807, 2.05) is 4.57 Å². The molecule has 0 spiro atoms. The first kappa shape index (κ1) is 13.1. The molecule has 1 unspecified atom stereocenters. The Morgan fingerprint density at radius 2 is 2.11 bits per heavy atom. The Morgan fingerprint density at radius 3 is 2.72 bits per heavy atom. The summed E-state index contributed by atoms with van der Waals surface area (Å²) in [5.74, 6) is 1.20. The minimum absolute atomic E-state index is 0.0244. The Balaban J connectivity index is 2.00. The molecular formula is C14H23N3O. The highest BCUT2D eigenvalue weighted by atomic mass is 16.1. The maximum absolute atomic E-state index is 12.2. The number of nitrogens with zero attached hydrogens (tertiary/aromatic N) is 2. The molecule has 1 aliphatic carbocycles. The lowest BCUT2D eigenvalue weighted by Gasteiger charge is -2.15. The minimum atomic E-state index is 0.0244. The molecular weight excluding hydrogens is 226 g/mol. The number of hydrogen-bond acceptors (Lipinski definition) is 3. The second-order valence-electron chi connectivity index (χ2n) is 5.74. The van der Waals surface area contributed by atoms with Crippen molar-refractivity contribution in [1.82, 2.24) is 9.55 Å². The molecule has 18 heavy (non-hydrogen) atoms. The average Bonchev–Trinajstić information content (AvgIpc) is 3.13. The summed E-state index contributed by atoms with van der Waals surface area (Å²) in [6.07, 6.45) is 7.98. The lowest BCUT2D eigenvalue weighted by molar-refractivity contribution is 0.526. The van der Waals surface area contributed by atoms with E-state index in [-0.39, 0.29) is 5.56 Å². The van der Waals surface area contributed by atoms with Gasteiger partial charge in [0.15, 0.2) is 5.82 Å². The Kier molecular flexibility index (Phi) is 4.04. The Hall–Kier alpha value is -1.32. The molecule has 1 atom stereocenters. The summed E-state index contributed by atoms with van der Waals surface area (Å²) >= 11 is 0. The Labute approximate surface area is 108 Å². The smallest absolute Gasteiger partial charge is 0.293 e. The van der Waals surface area contributed by atoms with Crippen LogP contribution in [0, 0.1) is 5.92 Å². The van der Waals surface area contributed by atoms with Crippen LogP contribution in [0.2, 0.25) is 0 Å². The van der Waals surface area contributed by atoms with E-state index in [1.54, 1.807) is 12.4 Å². The summed E-state index contributed by atoms with van der Waals surface area (Å²) in [7, 11) is 0.